The van der Waals surface area contributed by atoms with Gasteiger partial charge in [0.15, 0.2) is 0 Å². The number of hydrogen-bond acceptors (Lipinski definition) is 3. The number of nitriles is 1. The zero-order chi connectivity index (χ0) is 12.8. The molecule has 0 saturated carbocycles. The number of nitrogens with zero attached hydrogens (tertiary/aromatic N) is 2. The van der Waals surface area contributed by atoms with Gasteiger partial charge >= 0.3 is 0 Å². The molecule has 1 fully saturated rings. The van der Waals surface area contributed by atoms with Gasteiger partial charge < -0.3 is 10.2 Å². The maximum Gasteiger partial charge on any atom is 0.101 e. The third kappa shape index (κ3) is 3.02. The summed E-state index contributed by atoms with van der Waals surface area (Å²) in [7, 11) is 0. The van der Waals surface area contributed by atoms with E-state index >= 15 is 0 Å². The molecule has 18 heavy (non-hydrogen) atoms. The first-order valence-electron chi connectivity index (χ1n) is 6.84. The van der Waals surface area contributed by atoms with E-state index in [-0.39, 0.29) is 0 Å². The Bertz CT molecular complexity index is 428. The molecule has 0 aliphatic carbocycles. The van der Waals surface area contributed by atoms with Crippen molar-refractivity contribution in [1.82, 2.24) is 5.32 Å². The Hall–Kier alpha value is -1.53. The summed E-state index contributed by atoms with van der Waals surface area (Å²) in [5.41, 5.74) is 3.11. The van der Waals surface area contributed by atoms with E-state index < -0.39 is 0 Å². The molecule has 1 aliphatic rings. The summed E-state index contributed by atoms with van der Waals surface area (Å²) in [4.78, 5) is 2.35. The predicted octanol–water partition coefficient (Wildman–Crippen LogP) is 2.66. The molecular weight excluding hydrogens is 222 g/mol. The number of anilines is 1. The van der Waals surface area contributed by atoms with E-state index in [4.69, 9.17) is 0 Å². The number of piperidine rings is 1. The molecule has 1 N–H and O–H groups in total. The van der Waals surface area contributed by atoms with E-state index in [1.165, 1.54) is 24.8 Å². The van der Waals surface area contributed by atoms with Gasteiger partial charge in [0.05, 0.1) is 11.3 Å². The molecule has 0 amide bonds. The second-order valence-corrected chi connectivity index (χ2v) is 4.79. The topological polar surface area (TPSA) is 39.1 Å². The van der Waals surface area contributed by atoms with Crippen LogP contribution in [-0.2, 0) is 6.54 Å². The van der Waals surface area contributed by atoms with Gasteiger partial charge in [-0.2, -0.15) is 5.26 Å². The van der Waals surface area contributed by atoms with E-state index in [1.54, 1.807) is 0 Å². The number of hydrogen-bond donors (Lipinski definition) is 1. The number of nitrogens with one attached hydrogen (secondary N) is 1. The zero-order valence-corrected chi connectivity index (χ0v) is 11.1. The standard InChI is InChI=1S/C15H21N3/c1-2-17-12-13-6-7-15(14(10-13)11-16)18-8-4-3-5-9-18/h6-7,10,17H,2-5,8-9,12H2,1H3. The van der Waals surface area contributed by atoms with Crippen LogP contribution in [0.15, 0.2) is 18.2 Å². The summed E-state index contributed by atoms with van der Waals surface area (Å²) in [6.07, 6.45) is 3.80. The molecule has 0 aromatic heterocycles. The number of benzene rings is 1. The molecule has 0 bridgehead atoms. The quantitative estimate of drug-likeness (QED) is 0.883. The summed E-state index contributed by atoms with van der Waals surface area (Å²) in [6, 6.07) is 8.60. The van der Waals surface area contributed by atoms with Crippen LogP contribution >= 0.6 is 0 Å². The maximum atomic E-state index is 9.30. The minimum atomic E-state index is 0.812. The lowest BCUT2D eigenvalue weighted by atomic mass is 10.1. The van der Waals surface area contributed by atoms with E-state index in [0.29, 0.717) is 0 Å². The fourth-order valence-electron chi connectivity index (χ4n) is 2.46. The van der Waals surface area contributed by atoms with Gasteiger partial charge in [-0.05, 0) is 43.5 Å². The lowest BCUT2D eigenvalue weighted by molar-refractivity contribution is 0.577. The van der Waals surface area contributed by atoms with Crippen LogP contribution in [0.5, 0.6) is 0 Å². The molecular formula is C15H21N3. The Morgan fingerprint density at radius 3 is 2.72 bits per heavy atom. The minimum Gasteiger partial charge on any atom is -0.370 e. The lowest BCUT2D eigenvalue weighted by Crippen LogP contribution is -2.30. The normalized spacial score (nSPS) is 15.4. The molecule has 3 nitrogen and oxygen atoms in total. The van der Waals surface area contributed by atoms with Crippen LogP contribution in [0, 0.1) is 11.3 Å². The Morgan fingerprint density at radius 2 is 2.06 bits per heavy atom. The van der Waals surface area contributed by atoms with E-state index in [1.807, 2.05) is 6.07 Å². The predicted molar refractivity (Wildman–Crippen MR) is 74.6 cm³/mol. The first kappa shape index (κ1) is 12.9. The molecule has 1 heterocycles. The molecule has 96 valence electrons. The highest BCUT2D eigenvalue weighted by Crippen LogP contribution is 2.24. The van der Waals surface area contributed by atoms with Gasteiger partial charge in [0, 0.05) is 19.6 Å². The third-order valence-corrected chi connectivity index (χ3v) is 3.46. The highest BCUT2D eigenvalue weighted by atomic mass is 15.1. The highest BCUT2D eigenvalue weighted by molar-refractivity contribution is 5.60. The molecule has 0 atom stereocenters. The van der Waals surface area contributed by atoms with Crippen molar-refractivity contribution in [3.63, 3.8) is 0 Å². The van der Waals surface area contributed by atoms with Gasteiger partial charge in [0.1, 0.15) is 6.07 Å². The van der Waals surface area contributed by atoms with Gasteiger partial charge in [-0.3, -0.25) is 0 Å². The highest BCUT2D eigenvalue weighted by Gasteiger charge is 2.14. The van der Waals surface area contributed by atoms with Gasteiger partial charge in [-0.1, -0.05) is 13.0 Å². The zero-order valence-electron chi connectivity index (χ0n) is 11.1. The van der Waals surface area contributed by atoms with Crippen LogP contribution in [0.1, 0.15) is 37.3 Å². The van der Waals surface area contributed by atoms with Crippen molar-refractivity contribution in [2.24, 2.45) is 0 Å². The van der Waals surface area contributed by atoms with Crippen LogP contribution in [0.4, 0.5) is 5.69 Å². The van der Waals surface area contributed by atoms with E-state index in [0.717, 1.165) is 37.4 Å². The monoisotopic (exact) mass is 243 g/mol. The van der Waals surface area contributed by atoms with Crippen molar-refractivity contribution in [1.29, 1.82) is 5.26 Å². The summed E-state index contributed by atoms with van der Waals surface area (Å²) < 4.78 is 0. The van der Waals surface area contributed by atoms with Crippen molar-refractivity contribution < 1.29 is 0 Å². The molecule has 1 aromatic rings. The number of rotatable bonds is 4. The SMILES string of the molecule is CCNCc1ccc(N2CCCCC2)c(C#N)c1. The van der Waals surface area contributed by atoms with Gasteiger partial charge in [0.2, 0.25) is 0 Å². The van der Waals surface area contributed by atoms with Crippen LogP contribution in [0.3, 0.4) is 0 Å². The molecule has 0 spiro atoms. The summed E-state index contributed by atoms with van der Waals surface area (Å²) in [5.74, 6) is 0. The smallest absolute Gasteiger partial charge is 0.101 e. The van der Waals surface area contributed by atoms with Crippen molar-refractivity contribution in [2.75, 3.05) is 24.5 Å². The largest absolute Gasteiger partial charge is 0.370 e. The second-order valence-electron chi connectivity index (χ2n) is 4.79. The Labute approximate surface area is 109 Å². The molecule has 1 aliphatic heterocycles. The van der Waals surface area contributed by atoms with Crippen molar-refractivity contribution in [3.05, 3.63) is 29.3 Å². The summed E-state index contributed by atoms with van der Waals surface area (Å²) >= 11 is 0. The second kappa shape index (κ2) is 6.42. The average molecular weight is 243 g/mol. The van der Waals surface area contributed by atoms with Crippen LogP contribution in [0.2, 0.25) is 0 Å². The van der Waals surface area contributed by atoms with Crippen molar-refractivity contribution in [3.8, 4) is 6.07 Å². The lowest BCUT2D eigenvalue weighted by Gasteiger charge is -2.29. The third-order valence-electron chi connectivity index (χ3n) is 3.46. The van der Waals surface area contributed by atoms with E-state index in [2.05, 4.69) is 35.3 Å². The molecule has 1 aromatic carbocycles. The Kier molecular flexibility index (Phi) is 4.60. The van der Waals surface area contributed by atoms with Gasteiger partial charge in [-0.15, -0.1) is 0 Å². The van der Waals surface area contributed by atoms with Gasteiger partial charge in [-0.25, -0.2) is 0 Å². The van der Waals surface area contributed by atoms with Crippen molar-refractivity contribution in [2.45, 2.75) is 32.7 Å². The fourth-order valence-corrected chi connectivity index (χ4v) is 2.46. The molecule has 1 saturated heterocycles. The Balaban J connectivity index is 2.17. The molecule has 0 unspecified atom stereocenters. The van der Waals surface area contributed by atoms with Crippen LogP contribution in [0.25, 0.3) is 0 Å². The van der Waals surface area contributed by atoms with Crippen molar-refractivity contribution >= 4 is 5.69 Å². The maximum absolute atomic E-state index is 9.30. The first-order valence-corrected chi connectivity index (χ1v) is 6.84. The van der Waals surface area contributed by atoms with E-state index in [9.17, 15) is 5.26 Å². The average Bonchev–Trinajstić information content (AvgIpc) is 2.45. The summed E-state index contributed by atoms with van der Waals surface area (Å²) in [5, 5.41) is 12.6. The summed E-state index contributed by atoms with van der Waals surface area (Å²) in [6.45, 7) is 6.05. The molecule has 0 radical (unpaired) electrons. The van der Waals surface area contributed by atoms with Crippen LogP contribution < -0.4 is 10.2 Å². The molecule has 3 heteroatoms. The van der Waals surface area contributed by atoms with Gasteiger partial charge in [0.25, 0.3) is 0 Å². The fraction of sp³-hybridized carbons (Fsp3) is 0.533. The van der Waals surface area contributed by atoms with Crippen LogP contribution in [-0.4, -0.2) is 19.6 Å². The minimum absolute atomic E-state index is 0.812. The molecule has 2 rings (SSSR count). The first-order chi connectivity index (χ1) is 8.85. The Morgan fingerprint density at radius 1 is 1.28 bits per heavy atom.